The highest BCUT2D eigenvalue weighted by Crippen LogP contribution is 2.24. The predicted molar refractivity (Wildman–Crippen MR) is 77.0 cm³/mol. The van der Waals surface area contributed by atoms with Gasteiger partial charge in [0.1, 0.15) is 5.75 Å². The summed E-state index contributed by atoms with van der Waals surface area (Å²) in [6.07, 6.45) is 0. The van der Waals surface area contributed by atoms with Gasteiger partial charge in [0.05, 0.1) is 17.5 Å². The lowest BCUT2D eigenvalue weighted by atomic mass is 9.91. The number of anilines is 1. The van der Waals surface area contributed by atoms with Gasteiger partial charge in [-0.05, 0) is 38.1 Å². The van der Waals surface area contributed by atoms with Crippen LogP contribution in [-0.2, 0) is 4.79 Å². The molecule has 1 aromatic rings. The zero-order valence-corrected chi connectivity index (χ0v) is 11.9. The van der Waals surface area contributed by atoms with Gasteiger partial charge in [-0.25, -0.2) is 0 Å². The molecule has 0 aliphatic heterocycles. The Balaban J connectivity index is 2.96. The van der Waals surface area contributed by atoms with Gasteiger partial charge in [0.2, 0.25) is 5.91 Å². The largest absolute Gasteiger partial charge is 0.497 e. The Labute approximate surface area is 113 Å². The highest BCUT2D eigenvalue weighted by molar-refractivity contribution is 7.80. The minimum atomic E-state index is -0.857. The van der Waals surface area contributed by atoms with E-state index in [1.54, 1.807) is 45.0 Å². The Hall–Kier alpha value is -1.62. The third-order valence-corrected chi connectivity index (χ3v) is 3.43. The van der Waals surface area contributed by atoms with Crippen LogP contribution in [0.5, 0.6) is 5.75 Å². The molecule has 0 bridgehead atoms. The molecule has 0 saturated carbocycles. The lowest BCUT2D eigenvalue weighted by Gasteiger charge is -2.28. The van der Waals surface area contributed by atoms with Crippen molar-refractivity contribution in [3.8, 4) is 5.75 Å². The smallest absolute Gasteiger partial charge is 0.239 e. The fourth-order valence-electron chi connectivity index (χ4n) is 1.45. The number of methoxy groups -OCH3 is 1. The van der Waals surface area contributed by atoms with E-state index in [0.29, 0.717) is 0 Å². The molecular formula is C13H18N2O2S. The van der Waals surface area contributed by atoms with E-state index in [1.165, 1.54) is 0 Å². The molecule has 1 aromatic carbocycles. The molecule has 0 aliphatic rings. The molecule has 98 valence electrons. The number of nitrogens with two attached hydrogens (primary N) is 1. The van der Waals surface area contributed by atoms with E-state index in [-0.39, 0.29) is 10.9 Å². The van der Waals surface area contributed by atoms with Crippen molar-refractivity contribution < 1.29 is 9.53 Å². The molecular weight excluding hydrogens is 248 g/mol. The number of nitrogens with zero attached hydrogens (tertiary/aromatic N) is 1. The highest BCUT2D eigenvalue weighted by Gasteiger charge is 2.33. The third kappa shape index (κ3) is 2.79. The first-order valence-electron chi connectivity index (χ1n) is 5.53. The van der Waals surface area contributed by atoms with Gasteiger partial charge in [0.15, 0.2) is 0 Å². The summed E-state index contributed by atoms with van der Waals surface area (Å²) < 4.78 is 5.07. The molecule has 5 heteroatoms. The van der Waals surface area contributed by atoms with Crippen molar-refractivity contribution in [1.29, 1.82) is 0 Å². The summed E-state index contributed by atoms with van der Waals surface area (Å²) in [7, 11) is 3.30. The van der Waals surface area contributed by atoms with E-state index < -0.39 is 5.41 Å². The molecule has 1 amide bonds. The Morgan fingerprint density at radius 3 is 2.22 bits per heavy atom. The SMILES string of the molecule is COc1ccc(N(C)C(=O)C(C)(C)C(N)=S)cc1. The van der Waals surface area contributed by atoms with Crippen LogP contribution in [-0.4, -0.2) is 25.1 Å². The maximum Gasteiger partial charge on any atom is 0.239 e. The van der Waals surface area contributed by atoms with Crippen molar-refractivity contribution in [2.45, 2.75) is 13.8 Å². The van der Waals surface area contributed by atoms with Crippen LogP contribution in [0.2, 0.25) is 0 Å². The topological polar surface area (TPSA) is 55.6 Å². The molecule has 18 heavy (non-hydrogen) atoms. The second-order valence-corrected chi connectivity index (χ2v) is 4.99. The van der Waals surface area contributed by atoms with Gasteiger partial charge in [-0.1, -0.05) is 12.2 Å². The van der Waals surface area contributed by atoms with Crippen LogP contribution in [0.1, 0.15) is 13.8 Å². The second-order valence-electron chi connectivity index (χ2n) is 4.55. The molecule has 0 radical (unpaired) electrons. The van der Waals surface area contributed by atoms with Crippen LogP contribution in [0, 0.1) is 5.41 Å². The molecule has 0 fully saturated rings. The molecule has 0 saturated heterocycles. The number of hydrogen-bond acceptors (Lipinski definition) is 3. The summed E-state index contributed by atoms with van der Waals surface area (Å²) >= 11 is 4.93. The minimum absolute atomic E-state index is 0.139. The van der Waals surface area contributed by atoms with E-state index in [1.807, 2.05) is 12.1 Å². The fourth-order valence-corrected chi connectivity index (χ4v) is 1.54. The lowest BCUT2D eigenvalue weighted by Crippen LogP contribution is -2.45. The molecule has 2 N–H and O–H groups in total. The molecule has 0 unspecified atom stereocenters. The van der Waals surface area contributed by atoms with E-state index >= 15 is 0 Å². The molecule has 0 atom stereocenters. The standard InChI is InChI=1S/C13H18N2O2S/c1-13(2,11(14)18)12(16)15(3)9-5-7-10(17-4)8-6-9/h5-8H,1-4H3,(H2,14,18). The molecule has 0 aromatic heterocycles. The fraction of sp³-hybridized carbons (Fsp3) is 0.385. The predicted octanol–water partition coefficient (Wildman–Crippen LogP) is 1.97. The van der Waals surface area contributed by atoms with Gasteiger partial charge in [-0.3, -0.25) is 4.79 Å². The molecule has 0 spiro atoms. The van der Waals surface area contributed by atoms with E-state index in [9.17, 15) is 4.79 Å². The van der Waals surface area contributed by atoms with Crippen LogP contribution in [0.25, 0.3) is 0 Å². The number of hydrogen-bond donors (Lipinski definition) is 1. The number of ether oxygens (including phenoxy) is 1. The number of carbonyl (C=O) groups is 1. The highest BCUT2D eigenvalue weighted by atomic mass is 32.1. The first-order valence-corrected chi connectivity index (χ1v) is 5.93. The third-order valence-electron chi connectivity index (χ3n) is 2.92. The van der Waals surface area contributed by atoms with Crippen molar-refractivity contribution in [2.24, 2.45) is 11.1 Å². The Bertz CT molecular complexity index is 455. The first kappa shape index (κ1) is 14.4. The van der Waals surface area contributed by atoms with Crippen LogP contribution in [0.3, 0.4) is 0 Å². The van der Waals surface area contributed by atoms with Crippen LogP contribution in [0.15, 0.2) is 24.3 Å². The van der Waals surface area contributed by atoms with Gasteiger partial charge in [0.25, 0.3) is 0 Å². The average Bonchev–Trinajstić information content (AvgIpc) is 2.36. The van der Waals surface area contributed by atoms with Gasteiger partial charge in [-0.15, -0.1) is 0 Å². The second kappa shape index (κ2) is 5.35. The van der Waals surface area contributed by atoms with Gasteiger partial charge < -0.3 is 15.4 Å². The summed E-state index contributed by atoms with van der Waals surface area (Å²) in [4.78, 5) is 14.0. The van der Waals surface area contributed by atoms with Crippen molar-refractivity contribution in [3.63, 3.8) is 0 Å². The van der Waals surface area contributed by atoms with Crippen LogP contribution < -0.4 is 15.4 Å². The van der Waals surface area contributed by atoms with Gasteiger partial charge in [-0.2, -0.15) is 0 Å². The summed E-state index contributed by atoms with van der Waals surface area (Å²) in [6, 6.07) is 7.22. The van der Waals surface area contributed by atoms with Crippen molar-refractivity contribution in [3.05, 3.63) is 24.3 Å². The zero-order chi connectivity index (χ0) is 13.9. The van der Waals surface area contributed by atoms with E-state index in [2.05, 4.69) is 0 Å². The summed E-state index contributed by atoms with van der Waals surface area (Å²) in [5.74, 6) is 0.605. The lowest BCUT2D eigenvalue weighted by molar-refractivity contribution is -0.123. The monoisotopic (exact) mass is 266 g/mol. The molecule has 0 aliphatic carbocycles. The van der Waals surface area contributed by atoms with Crippen LogP contribution in [0.4, 0.5) is 5.69 Å². The molecule has 4 nitrogen and oxygen atoms in total. The quantitative estimate of drug-likeness (QED) is 0.847. The molecule has 0 heterocycles. The maximum atomic E-state index is 12.3. The normalized spacial score (nSPS) is 10.9. The summed E-state index contributed by atoms with van der Waals surface area (Å²) in [5.41, 5.74) is 5.51. The van der Waals surface area contributed by atoms with Crippen LogP contribution >= 0.6 is 12.2 Å². The number of benzene rings is 1. The summed E-state index contributed by atoms with van der Waals surface area (Å²) in [6.45, 7) is 3.44. The molecule has 1 rings (SSSR count). The minimum Gasteiger partial charge on any atom is -0.497 e. The Morgan fingerprint density at radius 1 is 1.33 bits per heavy atom. The van der Waals surface area contributed by atoms with Crippen molar-refractivity contribution >= 4 is 28.8 Å². The number of thiocarbonyl (C=S) groups is 1. The van der Waals surface area contributed by atoms with Gasteiger partial charge in [0, 0.05) is 12.7 Å². The number of carbonyl (C=O) groups excluding carboxylic acids is 1. The Morgan fingerprint density at radius 2 is 1.83 bits per heavy atom. The van der Waals surface area contributed by atoms with E-state index in [4.69, 9.17) is 22.7 Å². The van der Waals surface area contributed by atoms with Crippen molar-refractivity contribution in [2.75, 3.05) is 19.1 Å². The first-order chi connectivity index (χ1) is 8.30. The number of rotatable bonds is 4. The van der Waals surface area contributed by atoms with Gasteiger partial charge >= 0.3 is 0 Å². The summed E-state index contributed by atoms with van der Waals surface area (Å²) in [5, 5.41) is 0. The maximum absolute atomic E-state index is 12.3. The average molecular weight is 266 g/mol. The van der Waals surface area contributed by atoms with Crippen molar-refractivity contribution in [1.82, 2.24) is 0 Å². The van der Waals surface area contributed by atoms with E-state index in [0.717, 1.165) is 11.4 Å². The zero-order valence-electron chi connectivity index (χ0n) is 11.1. The number of amides is 1. The Kier molecular flexibility index (Phi) is 4.29.